The average Bonchev–Trinajstić information content (AvgIpc) is 2.75. The van der Waals surface area contributed by atoms with Gasteiger partial charge >= 0.3 is 0 Å². The lowest BCUT2D eigenvalue weighted by Gasteiger charge is -2.09. The topological polar surface area (TPSA) is 102 Å². The van der Waals surface area contributed by atoms with E-state index < -0.39 is 14.9 Å². The third-order valence-corrected chi connectivity index (χ3v) is 6.41. The van der Waals surface area contributed by atoms with E-state index in [1.807, 2.05) is 37.3 Å². The van der Waals surface area contributed by atoms with Gasteiger partial charge in [-0.15, -0.1) is 11.8 Å². The Morgan fingerprint density at radius 3 is 2.23 bits per heavy atom. The van der Waals surface area contributed by atoms with Crippen LogP contribution in [0.3, 0.4) is 0 Å². The number of hydrogen-bond acceptors (Lipinski definition) is 6. The number of nitro groups is 1. The summed E-state index contributed by atoms with van der Waals surface area (Å²) in [6.45, 7) is 1.88. The predicted octanol–water partition coefficient (Wildman–Crippen LogP) is 4.38. The Balaban J connectivity index is 1.80. The first-order chi connectivity index (χ1) is 14.3. The van der Waals surface area contributed by atoms with Crippen LogP contribution in [-0.4, -0.2) is 24.8 Å². The molecule has 0 unspecified atom stereocenters. The molecule has 0 amide bonds. The zero-order valence-corrected chi connectivity index (χ0v) is 17.7. The molecule has 0 aliphatic heterocycles. The second kappa shape index (κ2) is 9.55. The highest BCUT2D eigenvalue weighted by atomic mass is 32.2. The van der Waals surface area contributed by atoms with Gasteiger partial charge in [0.1, 0.15) is 0 Å². The molecule has 0 bridgehead atoms. The minimum Gasteiger partial charge on any atom is -0.258 e. The number of nitrogens with zero attached hydrogens (tertiary/aromatic N) is 2. The molecule has 30 heavy (non-hydrogen) atoms. The van der Waals surface area contributed by atoms with E-state index in [1.165, 1.54) is 36.0 Å². The summed E-state index contributed by atoms with van der Waals surface area (Å²) >= 11 is 1.40. The quantitative estimate of drug-likeness (QED) is 0.242. The molecule has 0 radical (unpaired) electrons. The lowest BCUT2D eigenvalue weighted by molar-refractivity contribution is -0.384. The standard InChI is InChI=1S/C21H19N3O4S2/c1-16-7-13-20(14-8-16)30(27,28)23-22-21(17-5-3-2-4-6-17)15-29-19-11-9-18(10-12-19)24(25)26/h2-14,23H,15H2,1H3. The molecular weight excluding hydrogens is 422 g/mol. The molecule has 3 aromatic rings. The molecule has 0 spiro atoms. The summed E-state index contributed by atoms with van der Waals surface area (Å²) in [6.07, 6.45) is 0. The third kappa shape index (κ3) is 5.68. The number of nitrogens with one attached hydrogen (secondary N) is 1. The molecule has 0 aliphatic rings. The number of hydrazone groups is 1. The molecule has 3 rings (SSSR count). The summed E-state index contributed by atoms with van der Waals surface area (Å²) in [5.74, 6) is 0.373. The largest absolute Gasteiger partial charge is 0.276 e. The van der Waals surface area contributed by atoms with Crippen LogP contribution in [-0.2, 0) is 10.0 Å². The predicted molar refractivity (Wildman–Crippen MR) is 118 cm³/mol. The SMILES string of the molecule is Cc1ccc(S(=O)(=O)NN=C(CSc2ccc([N+](=O)[O-])cc2)c2ccccc2)cc1. The van der Waals surface area contributed by atoms with Crippen LogP contribution in [0.1, 0.15) is 11.1 Å². The molecule has 0 saturated carbocycles. The van der Waals surface area contributed by atoms with Crippen molar-refractivity contribution in [2.75, 3.05) is 5.75 Å². The number of nitro benzene ring substituents is 1. The van der Waals surface area contributed by atoms with Gasteiger partial charge in [-0.05, 0) is 36.8 Å². The summed E-state index contributed by atoms with van der Waals surface area (Å²) in [4.78, 5) is 13.6. The van der Waals surface area contributed by atoms with Crippen LogP contribution in [0, 0.1) is 17.0 Å². The van der Waals surface area contributed by atoms with Crippen molar-refractivity contribution < 1.29 is 13.3 Å². The number of sulfonamides is 1. The van der Waals surface area contributed by atoms with Crippen molar-refractivity contribution in [3.63, 3.8) is 0 Å². The molecule has 0 aromatic heterocycles. The highest BCUT2D eigenvalue weighted by Crippen LogP contribution is 2.22. The molecule has 154 valence electrons. The van der Waals surface area contributed by atoms with Gasteiger partial charge in [0.25, 0.3) is 15.7 Å². The molecule has 0 atom stereocenters. The van der Waals surface area contributed by atoms with Crippen molar-refractivity contribution in [1.82, 2.24) is 4.83 Å². The molecule has 0 aliphatic carbocycles. The Morgan fingerprint density at radius 1 is 1.00 bits per heavy atom. The second-order valence-electron chi connectivity index (χ2n) is 6.37. The fraction of sp³-hybridized carbons (Fsp3) is 0.0952. The van der Waals surface area contributed by atoms with Gasteiger partial charge in [0.15, 0.2) is 0 Å². The average molecular weight is 442 g/mol. The van der Waals surface area contributed by atoms with Crippen LogP contribution in [0.15, 0.2) is 93.8 Å². The summed E-state index contributed by atoms with van der Waals surface area (Å²) < 4.78 is 25.1. The van der Waals surface area contributed by atoms with E-state index in [9.17, 15) is 18.5 Å². The van der Waals surface area contributed by atoms with Crippen molar-refractivity contribution in [3.8, 4) is 0 Å². The minimum atomic E-state index is -3.80. The zero-order valence-electron chi connectivity index (χ0n) is 16.1. The molecule has 3 aromatic carbocycles. The molecular formula is C21H19N3O4S2. The van der Waals surface area contributed by atoms with Crippen LogP contribution >= 0.6 is 11.8 Å². The second-order valence-corrected chi connectivity index (χ2v) is 9.08. The van der Waals surface area contributed by atoms with Gasteiger partial charge in [-0.1, -0.05) is 48.0 Å². The van der Waals surface area contributed by atoms with Crippen LogP contribution in [0.5, 0.6) is 0 Å². The van der Waals surface area contributed by atoms with Crippen LogP contribution in [0.25, 0.3) is 0 Å². The molecule has 9 heteroatoms. The molecule has 0 fully saturated rings. The maximum atomic E-state index is 12.6. The number of hydrogen-bond donors (Lipinski definition) is 1. The normalized spacial score (nSPS) is 11.8. The van der Waals surface area contributed by atoms with Gasteiger partial charge in [-0.2, -0.15) is 18.4 Å². The summed E-state index contributed by atoms with van der Waals surface area (Å²) in [6, 6.07) is 21.9. The van der Waals surface area contributed by atoms with Crippen LogP contribution in [0.2, 0.25) is 0 Å². The molecule has 0 heterocycles. The first-order valence-electron chi connectivity index (χ1n) is 8.93. The molecule has 7 nitrogen and oxygen atoms in total. The van der Waals surface area contributed by atoms with Crippen molar-refractivity contribution >= 4 is 33.2 Å². The van der Waals surface area contributed by atoms with Gasteiger partial charge in [-0.3, -0.25) is 10.1 Å². The van der Waals surface area contributed by atoms with Crippen molar-refractivity contribution in [2.24, 2.45) is 5.10 Å². The first-order valence-corrected chi connectivity index (χ1v) is 11.4. The van der Waals surface area contributed by atoms with E-state index in [4.69, 9.17) is 0 Å². The van der Waals surface area contributed by atoms with E-state index in [1.54, 1.807) is 24.3 Å². The molecule has 1 N–H and O–H groups in total. The summed E-state index contributed by atoms with van der Waals surface area (Å²) in [5.41, 5.74) is 2.29. The third-order valence-electron chi connectivity index (χ3n) is 4.16. The number of aryl methyl sites for hydroxylation is 1. The molecule has 0 saturated heterocycles. The Kier molecular flexibility index (Phi) is 6.86. The Bertz CT molecular complexity index is 1150. The number of non-ortho nitro benzene ring substituents is 1. The monoisotopic (exact) mass is 441 g/mol. The first kappa shape index (κ1) is 21.5. The fourth-order valence-electron chi connectivity index (χ4n) is 2.51. The van der Waals surface area contributed by atoms with Gasteiger partial charge in [0, 0.05) is 22.8 Å². The van der Waals surface area contributed by atoms with E-state index >= 15 is 0 Å². The zero-order chi connectivity index (χ0) is 21.6. The minimum absolute atomic E-state index is 0.0159. The van der Waals surface area contributed by atoms with Crippen molar-refractivity contribution in [1.29, 1.82) is 0 Å². The van der Waals surface area contributed by atoms with Gasteiger partial charge in [0.05, 0.1) is 15.5 Å². The number of thioether (sulfide) groups is 1. The van der Waals surface area contributed by atoms with Crippen LogP contribution < -0.4 is 4.83 Å². The summed E-state index contributed by atoms with van der Waals surface area (Å²) in [5, 5.41) is 15.0. The Hall–Kier alpha value is -3.17. The Labute approximate surface area is 179 Å². The maximum Gasteiger partial charge on any atom is 0.276 e. The van der Waals surface area contributed by atoms with E-state index in [0.29, 0.717) is 11.5 Å². The van der Waals surface area contributed by atoms with E-state index in [-0.39, 0.29) is 10.6 Å². The maximum absolute atomic E-state index is 12.6. The van der Waals surface area contributed by atoms with Crippen molar-refractivity contribution in [3.05, 3.63) is 100 Å². The highest BCUT2D eigenvalue weighted by Gasteiger charge is 2.14. The fourth-order valence-corrected chi connectivity index (χ4v) is 4.21. The highest BCUT2D eigenvalue weighted by molar-refractivity contribution is 8.00. The van der Waals surface area contributed by atoms with Crippen molar-refractivity contribution in [2.45, 2.75) is 16.7 Å². The Morgan fingerprint density at radius 2 is 1.63 bits per heavy atom. The van der Waals surface area contributed by atoms with Gasteiger partial charge in [0.2, 0.25) is 0 Å². The van der Waals surface area contributed by atoms with Gasteiger partial charge < -0.3 is 0 Å². The number of benzene rings is 3. The van der Waals surface area contributed by atoms with E-state index in [0.717, 1.165) is 16.0 Å². The van der Waals surface area contributed by atoms with E-state index in [2.05, 4.69) is 9.93 Å². The smallest absolute Gasteiger partial charge is 0.258 e. The lowest BCUT2D eigenvalue weighted by atomic mass is 10.1. The van der Waals surface area contributed by atoms with Gasteiger partial charge in [-0.25, -0.2) is 0 Å². The van der Waals surface area contributed by atoms with Crippen LogP contribution in [0.4, 0.5) is 5.69 Å². The summed E-state index contributed by atoms with van der Waals surface area (Å²) in [7, 11) is -3.80. The number of rotatable bonds is 8. The lowest BCUT2D eigenvalue weighted by Crippen LogP contribution is -2.21.